The number of nitrogens with one attached hydrogen (secondary N) is 1. The largest absolute Gasteiger partial charge is 0.480 e. The maximum atomic E-state index is 10.6. The summed E-state index contributed by atoms with van der Waals surface area (Å²) >= 11 is 0. The van der Waals surface area contributed by atoms with Crippen molar-refractivity contribution < 1.29 is 19.8 Å². The van der Waals surface area contributed by atoms with Crippen molar-refractivity contribution in [3.05, 3.63) is 23.9 Å². The zero-order valence-corrected chi connectivity index (χ0v) is 7.97. The molecule has 15 heavy (non-hydrogen) atoms. The molecular formula is C9H10N2O4. The van der Waals surface area contributed by atoms with Crippen molar-refractivity contribution in [3.8, 4) is 0 Å². The van der Waals surface area contributed by atoms with Crippen molar-refractivity contribution >= 4 is 17.8 Å². The standard InChI is InChI=1S/C9H10N2O4/c1-5(8(12)13)11-7-4-6(9(14)15)2-3-10-7/h2-5H,1H3,(H,10,11)(H,12,13)(H,14,15). The Morgan fingerprint density at radius 2 is 2.13 bits per heavy atom. The zero-order valence-electron chi connectivity index (χ0n) is 7.97. The smallest absolute Gasteiger partial charge is 0.335 e. The van der Waals surface area contributed by atoms with Gasteiger partial charge in [0, 0.05) is 6.20 Å². The summed E-state index contributed by atoms with van der Waals surface area (Å²) in [6.45, 7) is 1.44. The van der Waals surface area contributed by atoms with Crippen LogP contribution in [-0.2, 0) is 4.79 Å². The number of aromatic carboxylic acids is 1. The van der Waals surface area contributed by atoms with Crippen molar-refractivity contribution in [1.29, 1.82) is 0 Å². The number of nitrogens with zero attached hydrogens (tertiary/aromatic N) is 1. The summed E-state index contributed by atoms with van der Waals surface area (Å²) in [6, 6.07) is 1.79. The third-order valence-electron chi connectivity index (χ3n) is 1.74. The number of pyridine rings is 1. The van der Waals surface area contributed by atoms with Gasteiger partial charge in [-0.3, -0.25) is 4.79 Å². The fourth-order valence-electron chi connectivity index (χ4n) is 0.926. The third-order valence-corrected chi connectivity index (χ3v) is 1.74. The summed E-state index contributed by atoms with van der Waals surface area (Å²) in [7, 11) is 0. The summed E-state index contributed by atoms with van der Waals surface area (Å²) in [5.74, 6) is -1.88. The molecule has 0 aliphatic carbocycles. The van der Waals surface area contributed by atoms with Crippen molar-refractivity contribution in [1.82, 2.24) is 4.98 Å². The fraction of sp³-hybridized carbons (Fsp3) is 0.222. The van der Waals surface area contributed by atoms with Gasteiger partial charge in [-0.15, -0.1) is 0 Å². The lowest BCUT2D eigenvalue weighted by Gasteiger charge is -2.09. The molecule has 0 saturated carbocycles. The molecule has 6 heteroatoms. The van der Waals surface area contributed by atoms with Crippen LogP contribution in [0.25, 0.3) is 0 Å². The molecule has 1 aromatic heterocycles. The minimum atomic E-state index is -1.08. The molecule has 80 valence electrons. The number of aromatic nitrogens is 1. The van der Waals surface area contributed by atoms with Gasteiger partial charge in [-0.25, -0.2) is 9.78 Å². The van der Waals surface area contributed by atoms with Crippen molar-refractivity contribution in [2.75, 3.05) is 5.32 Å². The molecule has 1 heterocycles. The van der Waals surface area contributed by atoms with E-state index >= 15 is 0 Å². The molecule has 0 spiro atoms. The average molecular weight is 210 g/mol. The van der Waals surface area contributed by atoms with Gasteiger partial charge in [0.25, 0.3) is 0 Å². The highest BCUT2D eigenvalue weighted by Crippen LogP contribution is 2.08. The van der Waals surface area contributed by atoms with E-state index < -0.39 is 18.0 Å². The molecule has 3 N–H and O–H groups in total. The van der Waals surface area contributed by atoms with Gasteiger partial charge in [-0.05, 0) is 19.1 Å². The molecule has 0 fully saturated rings. The van der Waals surface area contributed by atoms with Crippen molar-refractivity contribution in [3.63, 3.8) is 0 Å². The molecule has 0 saturated heterocycles. The Labute approximate surface area is 85.6 Å². The first kappa shape index (κ1) is 11.0. The van der Waals surface area contributed by atoms with E-state index in [2.05, 4.69) is 10.3 Å². The molecule has 1 unspecified atom stereocenters. The van der Waals surface area contributed by atoms with Crippen LogP contribution in [0.2, 0.25) is 0 Å². The summed E-state index contributed by atoms with van der Waals surface area (Å²) in [5, 5.41) is 19.9. The van der Waals surface area contributed by atoms with E-state index in [4.69, 9.17) is 10.2 Å². The summed E-state index contributed by atoms with van der Waals surface area (Å²) in [5.41, 5.74) is 0.0603. The molecule has 1 atom stereocenters. The summed E-state index contributed by atoms with van der Waals surface area (Å²) in [6.07, 6.45) is 1.31. The number of hydrogen-bond donors (Lipinski definition) is 3. The number of carboxylic acid groups (broad SMARTS) is 2. The first-order chi connectivity index (χ1) is 7.00. The van der Waals surface area contributed by atoms with E-state index in [1.165, 1.54) is 25.3 Å². The van der Waals surface area contributed by atoms with Gasteiger partial charge in [0.2, 0.25) is 0 Å². The number of hydrogen-bond acceptors (Lipinski definition) is 4. The third kappa shape index (κ3) is 2.94. The highest BCUT2D eigenvalue weighted by molar-refractivity contribution is 5.88. The van der Waals surface area contributed by atoms with Crippen molar-refractivity contribution in [2.24, 2.45) is 0 Å². The second-order valence-electron chi connectivity index (χ2n) is 2.94. The molecule has 0 bridgehead atoms. The monoisotopic (exact) mass is 210 g/mol. The Morgan fingerprint density at radius 1 is 1.47 bits per heavy atom. The molecule has 0 amide bonds. The highest BCUT2D eigenvalue weighted by atomic mass is 16.4. The molecule has 1 rings (SSSR count). The van der Waals surface area contributed by atoms with Crippen LogP contribution in [0.5, 0.6) is 0 Å². The molecule has 0 aromatic carbocycles. The Bertz CT molecular complexity index is 391. The predicted molar refractivity (Wildman–Crippen MR) is 51.9 cm³/mol. The van der Waals surface area contributed by atoms with E-state index in [-0.39, 0.29) is 11.4 Å². The van der Waals surface area contributed by atoms with Crippen LogP contribution in [0.15, 0.2) is 18.3 Å². The van der Waals surface area contributed by atoms with Crippen LogP contribution in [0, 0.1) is 0 Å². The van der Waals surface area contributed by atoms with Gasteiger partial charge in [-0.2, -0.15) is 0 Å². The number of aliphatic carboxylic acids is 1. The Morgan fingerprint density at radius 3 is 2.67 bits per heavy atom. The Balaban J connectivity index is 2.82. The fourth-order valence-corrected chi connectivity index (χ4v) is 0.926. The van der Waals surface area contributed by atoms with Crippen LogP contribution < -0.4 is 5.32 Å². The van der Waals surface area contributed by atoms with Crippen molar-refractivity contribution in [2.45, 2.75) is 13.0 Å². The first-order valence-electron chi connectivity index (χ1n) is 4.19. The van der Waals surface area contributed by atoms with E-state index in [1.807, 2.05) is 0 Å². The van der Waals surface area contributed by atoms with Crippen LogP contribution in [-0.4, -0.2) is 33.2 Å². The predicted octanol–water partition coefficient (Wildman–Crippen LogP) is 0.665. The number of carboxylic acids is 2. The summed E-state index contributed by atoms with van der Waals surface area (Å²) < 4.78 is 0. The maximum Gasteiger partial charge on any atom is 0.335 e. The van der Waals surface area contributed by atoms with E-state index in [0.717, 1.165) is 0 Å². The number of rotatable bonds is 4. The Hall–Kier alpha value is -2.11. The minimum Gasteiger partial charge on any atom is -0.480 e. The minimum absolute atomic E-state index is 0.0603. The lowest BCUT2D eigenvalue weighted by Crippen LogP contribution is -2.25. The first-order valence-corrected chi connectivity index (χ1v) is 4.19. The SMILES string of the molecule is CC(Nc1cc(C(=O)O)ccn1)C(=O)O. The van der Waals surface area contributed by atoms with Crippen LogP contribution >= 0.6 is 0 Å². The maximum absolute atomic E-state index is 10.6. The van der Waals surface area contributed by atoms with E-state index in [9.17, 15) is 9.59 Å². The number of anilines is 1. The Kier molecular flexibility index (Phi) is 3.22. The van der Waals surface area contributed by atoms with Gasteiger partial charge in [-0.1, -0.05) is 0 Å². The molecule has 0 aliphatic rings. The van der Waals surface area contributed by atoms with Gasteiger partial charge in [0.05, 0.1) is 5.56 Å². The van der Waals surface area contributed by atoms with Gasteiger partial charge in [0.1, 0.15) is 11.9 Å². The van der Waals surface area contributed by atoms with E-state index in [0.29, 0.717) is 0 Å². The second kappa shape index (κ2) is 4.41. The van der Waals surface area contributed by atoms with Gasteiger partial charge < -0.3 is 15.5 Å². The second-order valence-corrected chi connectivity index (χ2v) is 2.94. The average Bonchev–Trinajstić information content (AvgIpc) is 2.18. The van der Waals surface area contributed by atoms with Gasteiger partial charge in [0.15, 0.2) is 0 Å². The number of carbonyl (C=O) groups is 2. The zero-order chi connectivity index (χ0) is 11.4. The summed E-state index contributed by atoms with van der Waals surface area (Å²) in [4.78, 5) is 24.9. The molecule has 0 radical (unpaired) electrons. The van der Waals surface area contributed by atoms with Crippen LogP contribution in [0.4, 0.5) is 5.82 Å². The van der Waals surface area contributed by atoms with Crippen LogP contribution in [0.3, 0.4) is 0 Å². The molecule has 1 aromatic rings. The normalized spacial score (nSPS) is 11.8. The lowest BCUT2D eigenvalue weighted by atomic mass is 10.2. The molecular weight excluding hydrogens is 200 g/mol. The quantitative estimate of drug-likeness (QED) is 0.675. The van der Waals surface area contributed by atoms with Crippen LogP contribution in [0.1, 0.15) is 17.3 Å². The highest BCUT2D eigenvalue weighted by Gasteiger charge is 2.11. The topological polar surface area (TPSA) is 99.5 Å². The van der Waals surface area contributed by atoms with Gasteiger partial charge >= 0.3 is 11.9 Å². The molecule has 0 aliphatic heterocycles. The van der Waals surface area contributed by atoms with E-state index in [1.54, 1.807) is 0 Å². The molecule has 6 nitrogen and oxygen atoms in total. The lowest BCUT2D eigenvalue weighted by molar-refractivity contribution is -0.137.